The summed E-state index contributed by atoms with van der Waals surface area (Å²) in [5.74, 6) is -0.909. The van der Waals surface area contributed by atoms with E-state index in [-0.39, 0.29) is 26.2 Å². The lowest BCUT2D eigenvalue weighted by Gasteiger charge is -2.23. The summed E-state index contributed by atoms with van der Waals surface area (Å²) in [5, 5.41) is 12.0. The van der Waals surface area contributed by atoms with Gasteiger partial charge in [0.2, 0.25) is 10.0 Å². The van der Waals surface area contributed by atoms with Crippen LogP contribution in [0.4, 0.5) is 8.78 Å². The van der Waals surface area contributed by atoms with Gasteiger partial charge in [0.15, 0.2) is 0 Å². The summed E-state index contributed by atoms with van der Waals surface area (Å²) < 4.78 is 59.2. The normalized spacial score (nSPS) is 13.6. The molecule has 3 aromatic rings. The Morgan fingerprint density at radius 1 is 1.11 bits per heavy atom. The Morgan fingerprint density at radius 2 is 1.64 bits per heavy atom. The van der Waals surface area contributed by atoms with E-state index in [4.69, 9.17) is 4.74 Å². The minimum atomic E-state index is -3.55. The van der Waals surface area contributed by atoms with Gasteiger partial charge in [-0.1, -0.05) is 0 Å². The van der Waals surface area contributed by atoms with Gasteiger partial charge in [0.1, 0.15) is 11.6 Å². The van der Waals surface area contributed by atoms with Crippen LogP contribution in [0.2, 0.25) is 0 Å². The summed E-state index contributed by atoms with van der Waals surface area (Å²) >= 11 is 0. The van der Waals surface area contributed by atoms with Crippen molar-refractivity contribution in [3.8, 4) is 0 Å². The van der Waals surface area contributed by atoms with E-state index in [2.05, 4.69) is 0 Å². The van der Waals surface area contributed by atoms with Crippen LogP contribution < -0.4 is 0 Å². The number of fused-ring (bicyclic) bond motifs is 3. The summed E-state index contributed by atoms with van der Waals surface area (Å²) in [6.07, 6.45) is -0.0300. The number of aromatic nitrogens is 1. The second kappa shape index (κ2) is 8.12. The monoisotopic (exact) mass is 412 g/mol. The first kappa shape index (κ1) is 20.7. The number of rotatable bonds is 8. The fourth-order valence-corrected chi connectivity index (χ4v) is 4.18. The molecule has 9 heteroatoms. The Hall–Kier alpha value is -2.07. The van der Waals surface area contributed by atoms with E-state index in [0.29, 0.717) is 11.0 Å². The number of hydrogen-bond acceptors (Lipinski definition) is 4. The van der Waals surface area contributed by atoms with E-state index in [0.717, 1.165) is 21.3 Å². The number of hydrogen-bond donors (Lipinski definition) is 1. The number of benzene rings is 2. The van der Waals surface area contributed by atoms with Crippen molar-refractivity contribution in [3.63, 3.8) is 0 Å². The average molecular weight is 412 g/mol. The Balaban J connectivity index is 1.98. The summed E-state index contributed by atoms with van der Waals surface area (Å²) in [6, 6.07) is 8.49. The molecular formula is C19H22F2N2O4S. The molecular weight excluding hydrogens is 390 g/mol. The molecule has 1 unspecified atom stereocenters. The molecule has 1 atom stereocenters. The van der Waals surface area contributed by atoms with Gasteiger partial charge < -0.3 is 14.4 Å². The van der Waals surface area contributed by atoms with Crippen LogP contribution in [0, 0.1) is 11.6 Å². The first-order valence-electron chi connectivity index (χ1n) is 8.70. The third kappa shape index (κ3) is 4.33. The zero-order valence-corrected chi connectivity index (χ0v) is 16.4. The molecule has 152 valence electrons. The molecule has 0 spiro atoms. The highest BCUT2D eigenvalue weighted by Gasteiger charge is 2.22. The molecule has 3 rings (SSSR count). The van der Waals surface area contributed by atoms with Crippen molar-refractivity contribution in [1.82, 2.24) is 8.87 Å². The number of methoxy groups -OCH3 is 1. The molecule has 1 aromatic heterocycles. The number of aliphatic hydroxyl groups excluding tert-OH is 1. The van der Waals surface area contributed by atoms with Crippen LogP contribution in [0.5, 0.6) is 0 Å². The third-order valence-corrected chi connectivity index (χ3v) is 5.88. The van der Waals surface area contributed by atoms with Crippen molar-refractivity contribution in [1.29, 1.82) is 0 Å². The topological polar surface area (TPSA) is 71.8 Å². The van der Waals surface area contributed by atoms with E-state index in [1.165, 1.54) is 31.4 Å². The van der Waals surface area contributed by atoms with Crippen LogP contribution in [-0.2, 0) is 21.3 Å². The molecule has 0 aliphatic heterocycles. The quantitative estimate of drug-likeness (QED) is 0.617. The Morgan fingerprint density at radius 3 is 2.11 bits per heavy atom. The van der Waals surface area contributed by atoms with Gasteiger partial charge in [0.25, 0.3) is 0 Å². The van der Waals surface area contributed by atoms with Crippen molar-refractivity contribution in [2.24, 2.45) is 0 Å². The molecule has 0 amide bonds. The Kier molecular flexibility index (Phi) is 5.99. The first-order valence-corrected chi connectivity index (χ1v) is 10.5. The van der Waals surface area contributed by atoms with Gasteiger partial charge in [0, 0.05) is 31.0 Å². The highest BCUT2D eigenvalue weighted by Crippen LogP contribution is 2.30. The van der Waals surface area contributed by atoms with Gasteiger partial charge in [-0.25, -0.2) is 17.2 Å². The van der Waals surface area contributed by atoms with Gasteiger partial charge in [0.05, 0.1) is 36.5 Å². The fraction of sp³-hybridized carbons (Fsp3) is 0.368. The molecule has 0 saturated heterocycles. The van der Waals surface area contributed by atoms with Gasteiger partial charge >= 0.3 is 0 Å². The number of aliphatic hydroxyl groups is 1. The summed E-state index contributed by atoms with van der Waals surface area (Å²) in [6.45, 7) is 0.105. The summed E-state index contributed by atoms with van der Waals surface area (Å²) in [5.41, 5.74) is 1.00. The molecule has 0 fully saturated rings. The van der Waals surface area contributed by atoms with Crippen molar-refractivity contribution >= 4 is 31.8 Å². The third-order valence-electron chi connectivity index (χ3n) is 4.61. The predicted octanol–water partition coefficient (Wildman–Crippen LogP) is 2.34. The lowest BCUT2D eigenvalue weighted by molar-refractivity contribution is 0.115. The second-order valence-electron chi connectivity index (χ2n) is 6.70. The second-order valence-corrected chi connectivity index (χ2v) is 8.68. The Bertz CT molecular complexity index is 1040. The zero-order valence-electron chi connectivity index (χ0n) is 15.6. The molecule has 28 heavy (non-hydrogen) atoms. The number of sulfonamides is 1. The largest absolute Gasteiger partial charge is 0.390 e. The van der Waals surface area contributed by atoms with E-state index in [1.54, 1.807) is 16.7 Å². The molecule has 0 aliphatic rings. The minimum Gasteiger partial charge on any atom is -0.390 e. The standard InChI is InChI=1S/C19H22F2N2O4S/c1-27-8-7-22(28(2,25)26)11-15(24)12-23-18-9-13(20)3-5-16(18)17-6-4-14(21)10-19(17)23/h3-6,9-10,15,24H,7-8,11-12H2,1-2H3. The molecule has 0 aliphatic carbocycles. The van der Waals surface area contributed by atoms with Crippen LogP contribution in [0.3, 0.4) is 0 Å². The number of halogens is 2. The lowest BCUT2D eigenvalue weighted by Crippen LogP contribution is -2.40. The van der Waals surface area contributed by atoms with E-state index in [1.807, 2.05) is 0 Å². The van der Waals surface area contributed by atoms with Crippen molar-refractivity contribution in [2.45, 2.75) is 12.6 Å². The summed E-state index contributed by atoms with van der Waals surface area (Å²) in [7, 11) is -2.09. The van der Waals surface area contributed by atoms with Crippen LogP contribution in [0.1, 0.15) is 0 Å². The van der Waals surface area contributed by atoms with Gasteiger partial charge in [-0.2, -0.15) is 4.31 Å². The van der Waals surface area contributed by atoms with Crippen molar-refractivity contribution in [2.75, 3.05) is 33.1 Å². The van der Waals surface area contributed by atoms with Crippen LogP contribution in [0.15, 0.2) is 36.4 Å². The molecule has 1 N–H and O–H groups in total. The number of ether oxygens (including phenoxy) is 1. The van der Waals surface area contributed by atoms with Gasteiger partial charge in [-0.3, -0.25) is 0 Å². The SMILES string of the molecule is COCCN(CC(O)Cn1c2cc(F)ccc2c2ccc(F)cc21)S(C)(=O)=O. The Labute approximate surface area is 162 Å². The smallest absolute Gasteiger partial charge is 0.211 e. The first-order chi connectivity index (χ1) is 13.2. The lowest BCUT2D eigenvalue weighted by atomic mass is 10.1. The number of nitrogens with zero attached hydrogens (tertiary/aromatic N) is 2. The minimum absolute atomic E-state index is 0.0219. The summed E-state index contributed by atoms with van der Waals surface area (Å²) in [4.78, 5) is 0. The maximum atomic E-state index is 13.8. The van der Waals surface area contributed by atoms with Crippen LogP contribution in [-0.4, -0.2) is 61.6 Å². The van der Waals surface area contributed by atoms with Gasteiger partial charge in [-0.05, 0) is 36.4 Å². The zero-order chi connectivity index (χ0) is 20.5. The maximum Gasteiger partial charge on any atom is 0.211 e. The fourth-order valence-electron chi connectivity index (χ4n) is 3.33. The van der Waals surface area contributed by atoms with E-state index in [9.17, 15) is 22.3 Å². The molecule has 1 heterocycles. The van der Waals surface area contributed by atoms with Crippen molar-refractivity contribution < 1.29 is 27.0 Å². The van der Waals surface area contributed by atoms with Crippen LogP contribution >= 0.6 is 0 Å². The molecule has 0 bridgehead atoms. The predicted molar refractivity (Wildman–Crippen MR) is 104 cm³/mol. The van der Waals surface area contributed by atoms with E-state index < -0.39 is 27.8 Å². The molecule has 6 nitrogen and oxygen atoms in total. The average Bonchev–Trinajstić information content (AvgIpc) is 2.90. The van der Waals surface area contributed by atoms with Crippen molar-refractivity contribution in [3.05, 3.63) is 48.0 Å². The maximum absolute atomic E-state index is 13.8. The highest BCUT2D eigenvalue weighted by molar-refractivity contribution is 7.88. The molecule has 0 radical (unpaired) electrons. The highest BCUT2D eigenvalue weighted by atomic mass is 32.2. The molecule has 2 aromatic carbocycles. The van der Waals surface area contributed by atoms with Crippen LogP contribution in [0.25, 0.3) is 21.8 Å². The molecule has 0 saturated carbocycles. The van der Waals surface area contributed by atoms with Gasteiger partial charge in [-0.15, -0.1) is 0 Å². The van der Waals surface area contributed by atoms with E-state index >= 15 is 0 Å².